The van der Waals surface area contributed by atoms with Crippen LogP contribution in [0.25, 0.3) is 0 Å². The predicted octanol–water partition coefficient (Wildman–Crippen LogP) is 4.41. The van der Waals surface area contributed by atoms with Gasteiger partial charge in [-0.25, -0.2) is 4.79 Å². The number of benzene rings is 2. The summed E-state index contributed by atoms with van der Waals surface area (Å²) in [6.45, 7) is 1.75. The first-order chi connectivity index (χ1) is 13.4. The molecule has 2 aromatic carbocycles. The third-order valence-electron chi connectivity index (χ3n) is 3.55. The molecule has 28 heavy (non-hydrogen) atoms. The molecule has 0 radical (unpaired) electrons. The summed E-state index contributed by atoms with van der Waals surface area (Å²) in [6, 6.07) is 9.86. The third kappa shape index (κ3) is 5.32. The molecule has 0 aliphatic heterocycles. The van der Waals surface area contributed by atoms with E-state index in [9.17, 15) is 9.90 Å². The molecule has 0 aromatic heterocycles. The van der Waals surface area contributed by atoms with Gasteiger partial charge < -0.3 is 19.4 Å². The number of hydrogen-bond donors (Lipinski definition) is 1. The molecule has 0 fully saturated rings. The number of halogens is 2. The van der Waals surface area contributed by atoms with Gasteiger partial charge in [-0.3, -0.25) is 0 Å². The van der Waals surface area contributed by atoms with Gasteiger partial charge in [-0.2, -0.15) is 0 Å². The second kappa shape index (κ2) is 9.88. The van der Waals surface area contributed by atoms with Crippen LogP contribution in [0.5, 0.6) is 11.5 Å². The molecule has 2 rings (SSSR count). The van der Waals surface area contributed by atoms with Gasteiger partial charge in [0, 0.05) is 17.7 Å². The fourth-order valence-corrected chi connectivity index (χ4v) is 2.83. The van der Waals surface area contributed by atoms with E-state index in [1.807, 2.05) is 0 Å². The average molecular weight is 422 g/mol. The Kier molecular flexibility index (Phi) is 7.56. The Morgan fingerprint density at radius 3 is 2.50 bits per heavy atom. The van der Waals surface area contributed by atoms with E-state index in [0.29, 0.717) is 16.9 Å². The predicted molar refractivity (Wildman–Crippen MR) is 107 cm³/mol. The number of carboxylic acid groups (broad SMARTS) is 1. The standard InChI is InChI=1S/C20H17Cl2NO5/c1-4-12(2)28-19-16(21)9-14(10-17(19)22)27-11-13-7-5-6-8-15(13)18(20(24)25)23-26-3/h1,5-10,12H,11H2,2-3H3,(H,24,25)/b23-18+. The smallest absolute Gasteiger partial charge is 0.358 e. The van der Waals surface area contributed by atoms with Crippen LogP contribution in [0.15, 0.2) is 41.6 Å². The number of nitrogens with zero attached hydrogens (tertiary/aromatic N) is 1. The van der Waals surface area contributed by atoms with E-state index in [0.717, 1.165) is 0 Å². The SMILES string of the molecule is C#CC(C)Oc1c(Cl)cc(OCc2ccccc2/C(=N\OC)C(=O)O)cc1Cl. The fraction of sp³-hybridized carbons (Fsp3) is 0.200. The first-order valence-corrected chi connectivity index (χ1v) is 8.80. The Hall–Kier alpha value is -2.88. The number of carbonyl (C=O) groups is 1. The molecule has 0 spiro atoms. The minimum absolute atomic E-state index is 0.0554. The van der Waals surface area contributed by atoms with Crippen LogP contribution >= 0.6 is 23.2 Å². The maximum absolute atomic E-state index is 11.4. The number of oxime groups is 1. The molecule has 1 unspecified atom stereocenters. The highest BCUT2D eigenvalue weighted by molar-refractivity contribution is 6.42. The molecule has 0 aliphatic carbocycles. The molecule has 8 heteroatoms. The number of ether oxygens (including phenoxy) is 2. The summed E-state index contributed by atoms with van der Waals surface area (Å²) in [7, 11) is 1.27. The van der Waals surface area contributed by atoms with E-state index >= 15 is 0 Å². The number of carboxylic acids is 1. The minimum atomic E-state index is -1.22. The van der Waals surface area contributed by atoms with Crippen molar-refractivity contribution in [3.8, 4) is 23.8 Å². The third-order valence-corrected chi connectivity index (χ3v) is 4.11. The lowest BCUT2D eigenvalue weighted by molar-refractivity contribution is -0.129. The second-order valence-electron chi connectivity index (χ2n) is 5.52. The van der Waals surface area contributed by atoms with Crippen molar-refractivity contribution in [1.82, 2.24) is 0 Å². The van der Waals surface area contributed by atoms with Crippen LogP contribution in [0.1, 0.15) is 18.1 Å². The molecular formula is C20H17Cl2NO5. The Morgan fingerprint density at radius 1 is 1.29 bits per heavy atom. The van der Waals surface area contributed by atoms with Gasteiger partial charge in [0.25, 0.3) is 0 Å². The van der Waals surface area contributed by atoms with Crippen molar-refractivity contribution in [2.24, 2.45) is 5.16 Å². The maximum Gasteiger partial charge on any atom is 0.358 e. The van der Waals surface area contributed by atoms with E-state index in [1.54, 1.807) is 31.2 Å². The lowest BCUT2D eigenvalue weighted by Gasteiger charge is -2.15. The largest absolute Gasteiger partial charge is 0.489 e. The van der Waals surface area contributed by atoms with E-state index in [4.69, 9.17) is 39.1 Å². The van der Waals surface area contributed by atoms with Crippen LogP contribution in [0, 0.1) is 12.3 Å². The molecule has 2 aromatic rings. The second-order valence-corrected chi connectivity index (χ2v) is 6.33. The zero-order valence-electron chi connectivity index (χ0n) is 15.1. The summed E-state index contributed by atoms with van der Waals surface area (Å²) in [5.74, 6) is 1.85. The molecule has 0 aliphatic rings. The maximum atomic E-state index is 11.4. The van der Waals surface area contributed by atoms with Crippen LogP contribution in [0.4, 0.5) is 0 Å². The van der Waals surface area contributed by atoms with E-state index < -0.39 is 12.1 Å². The number of rotatable bonds is 8. The topological polar surface area (TPSA) is 77.3 Å². The zero-order valence-corrected chi connectivity index (χ0v) is 16.6. The molecule has 0 bridgehead atoms. The van der Waals surface area contributed by atoms with Crippen LogP contribution < -0.4 is 9.47 Å². The Bertz CT molecular complexity index is 913. The molecule has 0 saturated carbocycles. The van der Waals surface area contributed by atoms with Crippen molar-refractivity contribution in [3.05, 3.63) is 57.6 Å². The molecule has 146 valence electrons. The van der Waals surface area contributed by atoms with Crippen LogP contribution in [-0.2, 0) is 16.2 Å². The highest BCUT2D eigenvalue weighted by atomic mass is 35.5. The lowest BCUT2D eigenvalue weighted by atomic mass is 10.0. The van der Waals surface area contributed by atoms with Gasteiger partial charge in [0.2, 0.25) is 0 Å². The number of terminal acetylenes is 1. The summed E-state index contributed by atoms with van der Waals surface area (Å²) in [5, 5.41) is 13.4. The Balaban J connectivity index is 2.25. The molecule has 1 N–H and O–H groups in total. The highest BCUT2D eigenvalue weighted by Gasteiger charge is 2.18. The molecule has 0 amide bonds. The first kappa shape index (κ1) is 21.4. The summed E-state index contributed by atoms with van der Waals surface area (Å²) < 4.78 is 11.2. The number of aliphatic carboxylic acids is 1. The summed E-state index contributed by atoms with van der Waals surface area (Å²) >= 11 is 12.4. The average Bonchev–Trinajstić information content (AvgIpc) is 2.67. The zero-order chi connectivity index (χ0) is 20.7. The highest BCUT2D eigenvalue weighted by Crippen LogP contribution is 2.37. The Morgan fingerprint density at radius 2 is 1.93 bits per heavy atom. The van der Waals surface area contributed by atoms with Crippen molar-refractivity contribution >= 4 is 34.9 Å². The van der Waals surface area contributed by atoms with Crippen LogP contribution in [0.3, 0.4) is 0 Å². The summed E-state index contributed by atoms with van der Waals surface area (Å²) in [6.07, 6.45) is 4.80. The van der Waals surface area contributed by atoms with Crippen LogP contribution in [-0.4, -0.2) is 30.0 Å². The lowest BCUT2D eigenvalue weighted by Crippen LogP contribution is -2.17. The number of hydrogen-bond acceptors (Lipinski definition) is 5. The molecule has 0 saturated heterocycles. The van der Waals surface area contributed by atoms with Gasteiger partial charge in [0.05, 0.1) is 10.0 Å². The molecule has 0 heterocycles. The quantitative estimate of drug-likeness (QED) is 0.388. The van der Waals surface area contributed by atoms with Gasteiger partial charge in [0.1, 0.15) is 19.5 Å². The van der Waals surface area contributed by atoms with Gasteiger partial charge in [0.15, 0.2) is 17.6 Å². The summed E-state index contributed by atoms with van der Waals surface area (Å²) in [4.78, 5) is 16.1. The Labute approximate surface area is 172 Å². The van der Waals surface area contributed by atoms with Gasteiger partial charge >= 0.3 is 5.97 Å². The minimum Gasteiger partial charge on any atom is -0.489 e. The molecule has 1 atom stereocenters. The monoisotopic (exact) mass is 421 g/mol. The van der Waals surface area contributed by atoms with E-state index in [2.05, 4.69) is 15.9 Å². The normalized spacial score (nSPS) is 12.0. The van der Waals surface area contributed by atoms with Gasteiger partial charge in [-0.1, -0.05) is 58.5 Å². The van der Waals surface area contributed by atoms with Crippen molar-refractivity contribution in [2.75, 3.05) is 7.11 Å². The molecular weight excluding hydrogens is 405 g/mol. The van der Waals surface area contributed by atoms with Crippen molar-refractivity contribution in [1.29, 1.82) is 0 Å². The van der Waals surface area contributed by atoms with Crippen molar-refractivity contribution in [2.45, 2.75) is 19.6 Å². The van der Waals surface area contributed by atoms with Gasteiger partial charge in [-0.05, 0) is 12.5 Å². The van der Waals surface area contributed by atoms with Crippen molar-refractivity contribution < 1.29 is 24.2 Å². The van der Waals surface area contributed by atoms with E-state index in [-0.39, 0.29) is 28.1 Å². The fourth-order valence-electron chi connectivity index (χ4n) is 2.28. The molecule has 6 nitrogen and oxygen atoms in total. The van der Waals surface area contributed by atoms with Crippen LogP contribution in [0.2, 0.25) is 10.0 Å². The van der Waals surface area contributed by atoms with Gasteiger partial charge in [-0.15, -0.1) is 6.42 Å². The summed E-state index contributed by atoms with van der Waals surface area (Å²) in [5.41, 5.74) is 0.732. The van der Waals surface area contributed by atoms with E-state index in [1.165, 1.54) is 19.2 Å². The first-order valence-electron chi connectivity index (χ1n) is 8.04. The van der Waals surface area contributed by atoms with Crippen molar-refractivity contribution in [3.63, 3.8) is 0 Å².